The first-order chi connectivity index (χ1) is 8.00. The Labute approximate surface area is 108 Å². The largest absolute Gasteiger partial charge is 0.300 e. The van der Waals surface area contributed by atoms with Crippen LogP contribution < -0.4 is 0 Å². The highest BCUT2D eigenvalue weighted by Crippen LogP contribution is 2.18. The van der Waals surface area contributed by atoms with Gasteiger partial charge in [-0.25, -0.2) is 13.4 Å². The molecule has 1 aromatic rings. The number of Topliss-reactive ketones (excluding diaryl/α,β-unsaturated/α-hetero) is 1. The molecule has 0 radical (unpaired) electrons. The van der Waals surface area contributed by atoms with Crippen molar-refractivity contribution in [2.45, 2.75) is 17.9 Å². The Hall–Kier alpha value is -0.790. The van der Waals surface area contributed by atoms with Gasteiger partial charge in [0.05, 0.1) is 0 Å². The Balaban J connectivity index is 2.24. The predicted octanol–water partition coefficient (Wildman–Crippen LogP) is 1.20. The molecule has 92 valence electrons. The normalized spacial score (nSPS) is 18.3. The molecule has 0 aromatic carbocycles. The van der Waals surface area contributed by atoms with Crippen molar-refractivity contribution < 1.29 is 13.2 Å². The summed E-state index contributed by atoms with van der Waals surface area (Å²) in [7, 11) is -3.55. The fourth-order valence-corrected chi connectivity index (χ4v) is 3.21. The Bertz CT molecular complexity index is 517. The van der Waals surface area contributed by atoms with Crippen molar-refractivity contribution in [3.8, 4) is 0 Å². The second kappa shape index (κ2) is 4.83. The van der Waals surface area contributed by atoms with Crippen LogP contribution in [0.2, 0.25) is 0 Å². The molecule has 0 amide bonds. The summed E-state index contributed by atoms with van der Waals surface area (Å²) in [5, 5.41) is 0.0232. The number of sulfonamides is 1. The standard InChI is InChI=1S/C10H11BrN2O3S/c11-8-1-2-10(12-7-8)17(15,16)13-5-3-9(14)4-6-13/h1-2,7H,3-6H2. The van der Waals surface area contributed by atoms with Gasteiger partial charge < -0.3 is 0 Å². The molecule has 2 rings (SSSR count). The van der Waals surface area contributed by atoms with Crippen molar-refractivity contribution in [2.75, 3.05) is 13.1 Å². The molecule has 1 aromatic heterocycles. The molecule has 2 heterocycles. The van der Waals surface area contributed by atoms with E-state index in [1.165, 1.54) is 16.6 Å². The Morgan fingerprint density at radius 3 is 2.41 bits per heavy atom. The van der Waals surface area contributed by atoms with E-state index in [2.05, 4.69) is 20.9 Å². The predicted molar refractivity (Wildman–Crippen MR) is 64.9 cm³/mol. The zero-order valence-electron chi connectivity index (χ0n) is 8.97. The van der Waals surface area contributed by atoms with Crippen molar-refractivity contribution in [2.24, 2.45) is 0 Å². The summed E-state index contributed by atoms with van der Waals surface area (Å²) in [6.45, 7) is 0.498. The van der Waals surface area contributed by atoms with Gasteiger partial charge >= 0.3 is 0 Å². The summed E-state index contributed by atoms with van der Waals surface area (Å²) >= 11 is 3.20. The molecule has 0 aliphatic carbocycles. The number of piperidine rings is 1. The zero-order valence-corrected chi connectivity index (χ0v) is 11.4. The molecule has 0 spiro atoms. The van der Waals surface area contributed by atoms with E-state index in [0.717, 1.165) is 4.47 Å². The van der Waals surface area contributed by atoms with Gasteiger partial charge in [0.2, 0.25) is 0 Å². The molecular formula is C10H11BrN2O3S. The minimum Gasteiger partial charge on any atom is -0.300 e. The molecule has 0 unspecified atom stereocenters. The summed E-state index contributed by atoms with van der Waals surface area (Å²) in [5.74, 6) is 0.111. The third-order valence-corrected chi connectivity index (χ3v) is 4.87. The lowest BCUT2D eigenvalue weighted by Gasteiger charge is -2.24. The summed E-state index contributed by atoms with van der Waals surface area (Å²) in [4.78, 5) is 15.0. The molecule has 17 heavy (non-hydrogen) atoms. The van der Waals surface area contributed by atoms with Crippen LogP contribution in [0.4, 0.5) is 0 Å². The third-order valence-electron chi connectivity index (χ3n) is 2.58. The van der Waals surface area contributed by atoms with E-state index in [1.807, 2.05) is 0 Å². The number of rotatable bonds is 2. The van der Waals surface area contributed by atoms with E-state index in [9.17, 15) is 13.2 Å². The molecule has 1 aliphatic rings. The number of carbonyl (C=O) groups excluding carboxylic acids is 1. The third kappa shape index (κ3) is 2.72. The Kier molecular flexibility index (Phi) is 3.60. The van der Waals surface area contributed by atoms with Crippen molar-refractivity contribution in [3.63, 3.8) is 0 Å². The van der Waals surface area contributed by atoms with Crippen molar-refractivity contribution >= 4 is 31.7 Å². The number of ketones is 1. The number of aromatic nitrogens is 1. The van der Waals surface area contributed by atoms with Gasteiger partial charge in [0.1, 0.15) is 5.78 Å². The summed E-state index contributed by atoms with van der Waals surface area (Å²) < 4.78 is 26.3. The molecule has 0 saturated carbocycles. The van der Waals surface area contributed by atoms with Crippen molar-refractivity contribution in [3.05, 3.63) is 22.8 Å². The van der Waals surface area contributed by atoms with E-state index in [-0.39, 0.29) is 36.7 Å². The fourth-order valence-electron chi connectivity index (χ4n) is 1.62. The van der Waals surface area contributed by atoms with Crippen LogP contribution >= 0.6 is 15.9 Å². The van der Waals surface area contributed by atoms with Crippen LogP contribution in [-0.2, 0) is 14.8 Å². The van der Waals surface area contributed by atoms with Crippen molar-refractivity contribution in [1.29, 1.82) is 0 Å². The van der Waals surface area contributed by atoms with Crippen LogP contribution in [-0.4, -0.2) is 36.6 Å². The van der Waals surface area contributed by atoms with Crippen LogP contribution in [0.15, 0.2) is 27.8 Å². The van der Waals surface area contributed by atoms with Gasteiger partial charge in [-0.3, -0.25) is 4.79 Å². The second-order valence-corrected chi connectivity index (χ2v) is 6.56. The highest BCUT2D eigenvalue weighted by molar-refractivity contribution is 9.10. The Morgan fingerprint density at radius 2 is 1.88 bits per heavy atom. The summed E-state index contributed by atoms with van der Waals surface area (Å²) in [5.41, 5.74) is 0. The van der Waals surface area contributed by atoms with Gasteiger partial charge in [-0.05, 0) is 28.1 Å². The number of halogens is 1. The van der Waals surface area contributed by atoms with Crippen molar-refractivity contribution in [1.82, 2.24) is 9.29 Å². The number of carbonyl (C=O) groups is 1. The molecule has 0 N–H and O–H groups in total. The van der Waals surface area contributed by atoms with Crippen LogP contribution in [0, 0.1) is 0 Å². The number of hydrogen-bond acceptors (Lipinski definition) is 4. The number of pyridine rings is 1. The fraction of sp³-hybridized carbons (Fsp3) is 0.400. The SMILES string of the molecule is O=C1CCN(S(=O)(=O)c2ccc(Br)cn2)CC1. The lowest BCUT2D eigenvalue weighted by molar-refractivity contribution is -0.120. The lowest BCUT2D eigenvalue weighted by atomic mass is 10.1. The average molecular weight is 319 g/mol. The smallest absolute Gasteiger partial charge is 0.260 e. The average Bonchev–Trinajstić information content (AvgIpc) is 2.30. The number of nitrogens with zero attached hydrogens (tertiary/aromatic N) is 2. The first-order valence-corrected chi connectivity index (χ1v) is 7.37. The first kappa shape index (κ1) is 12.7. The van der Waals surface area contributed by atoms with Gasteiger partial charge in [0.25, 0.3) is 10.0 Å². The number of hydrogen-bond donors (Lipinski definition) is 0. The van der Waals surface area contributed by atoms with E-state index in [1.54, 1.807) is 6.07 Å². The topological polar surface area (TPSA) is 67.3 Å². The van der Waals surface area contributed by atoms with Crippen LogP contribution in [0.1, 0.15) is 12.8 Å². The second-order valence-electron chi connectivity index (χ2n) is 3.76. The molecule has 0 atom stereocenters. The van der Waals surface area contributed by atoms with E-state index >= 15 is 0 Å². The van der Waals surface area contributed by atoms with Gasteiger partial charge in [0, 0.05) is 36.6 Å². The maximum atomic E-state index is 12.1. The van der Waals surface area contributed by atoms with Gasteiger partial charge in [-0.2, -0.15) is 4.31 Å². The molecule has 1 saturated heterocycles. The van der Waals surface area contributed by atoms with Gasteiger partial charge in [-0.1, -0.05) is 0 Å². The molecular weight excluding hydrogens is 308 g/mol. The molecule has 1 aliphatic heterocycles. The van der Waals surface area contributed by atoms with Crippen LogP contribution in [0.25, 0.3) is 0 Å². The first-order valence-electron chi connectivity index (χ1n) is 5.13. The van der Waals surface area contributed by atoms with Gasteiger partial charge in [-0.15, -0.1) is 0 Å². The highest BCUT2D eigenvalue weighted by Gasteiger charge is 2.29. The molecule has 7 heteroatoms. The lowest BCUT2D eigenvalue weighted by Crippen LogP contribution is -2.38. The molecule has 5 nitrogen and oxygen atoms in total. The molecule has 1 fully saturated rings. The molecule has 0 bridgehead atoms. The van der Waals surface area contributed by atoms with Gasteiger partial charge in [0.15, 0.2) is 5.03 Å². The zero-order chi connectivity index (χ0) is 12.5. The van der Waals surface area contributed by atoms with E-state index in [4.69, 9.17) is 0 Å². The minimum absolute atomic E-state index is 0.0232. The Morgan fingerprint density at radius 1 is 1.24 bits per heavy atom. The monoisotopic (exact) mass is 318 g/mol. The summed E-state index contributed by atoms with van der Waals surface area (Å²) in [6.07, 6.45) is 2.02. The highest BCUT2D eigenvalue weighted by atomic mass is 79.9. The van der Waals surface area contributed by atoms with Crippen LogP contribution in [0.3, 0.4) is 0 Å². The maximum Gasteiger partial charge on any atom is 0.260 e. The quantitative estimate of drug-likeness (QED) is 0.821. The summed E-state index contributed by atoms with van der Waals surface area (Å²) in [6, 6.07) is 3.09. The minimum atomic E-state index is -3.55. The maximum absolute atomic E-state index is 12.1. The van der Waals surface area contributed by atoms with E-state index in [0.29, 0.717) is 0 Å². The van der Waals surface area contributed by atoms with Crippen LogP contribution in [0.5, 0.6) is 0 Å². The van der Waals surface area contributed by atoms with E-state index < -0.39 is 10.0 Å².